The predicted molar refractivity (Wildman–Crippen MR) is 73.3 cm³/mol. The van der Waals surface area contributed by atoms with Gasteiger partial charge >= 0.3 is 0 Å². The largest absolute Gasteiger partial charge is 0.467 e. The smallest absolute Gasteiger partial charge is 0.221 e. The average molecular weight is 258 g/mol. The molecule has 0 spiro atoms. The molecule has 2 rings (SSSR count). The van der Waals surface area contributed by atoms with Crippen LogP contribution in [0.15, 0.2) is 53.1 Å². The molecule has 0 saturated heterocycles. The molecule has 1 heterocycles. The summed E-state index contributed by atoms with van der Waals surface area (Å²) in [6.07, 6.45) is 2.07. The molecule has 19 heavy (non-hydrogen) atoms. The van der Waals surface area contributed by atoms with Gasteiger partial charge in [-0.05, 0) is 17.7 Å². The van der Waals surface area contributed by atoms with Gasteiger partial charge in [0.1, 0.15) is 5.76 Å². The van der Waals surface area contributed by atoms with E-state index in [4.69, 9.17) is 4.42 Å². The Kier molecular flexibility index (Phi) is 5.19. The molecule has 2 N–H and O–H groups in total. The van der Waals surface area contributed by atoms with E-state index in [0.29, 0.717) is 19.5 Å². The summed E-state index contributed by atoms with van der Waals surface area (Å²) in [5, 5.41) is 6.05. The molecular formula is C15H18N2O2. The highest BCUT2D eigenvalue weighted by Crippen LogP contribution is 1.99. The number of rotatable bonds is 7. The van der Waals surface area contributed by atoms with E-state index in [1.807, 2.05) is 30.3 Å². The van der Waals surface area contributed by atoms with E-state index in [1.165, 1.54) is 5.56 Å². The predicted octanol–water partition coefficient (Wildman–Crippen LogP) is 2.08. The average Bonchev–Trinajstić information content (AvgIpc) is 2.96. The van der Waals surface area contributed by atoms with Crippen LogP contribution >= 0.6 is 0 Å². The highest BCUT2D eigenvalue weighted by Gasteiger charge is 2.02. The number of carbonyl (C=O) groups excluding carboxylic acids is 1. The van der Waals surface area contributed by atoms with Crippen LogP contribution in [0.25, 0.3) is 0 Å². The zero-order valence-electron chi connectivity index (χ0n) is 10.8. The molecule has 4 heteroatoms. The van der Waals surface area contributed by atoms with Crippen molar-refractivity contribution >= 4 is 5.91 Å². The minimum Gasteiger partial charge on any atom is -0.467 e. The first-order valence-corrected chi connectivity index (χ1v) is 6.38. The fraction of sp³-hybridized carbons (Fsp3) is 0.267. The lowest BCUT2D eigenvalue weighted by molar-refractivity contribution is -0.121. The van der Waals surface area contributed by atoms with Gasteiger partial charge in [-0.2, -0.15) is 0 Å². The molecule has 0 saturated carbocycles. The van der Waals surface area contributed by atoms with Crippen molar-refractivity contribution in [1.29, 1.82) is 0 Å². The van der Waals surface area contributed by atoms with Crippen LogP contribution in [0.2, 0.25) is 0 Å². The fourth-order valence-corrected chi connectivity index (χ4v) is 1.72. The molecule has 2 aromatic rings. The van der Waals surface area contributed by atoms with Crippen LogP contribution in [-0.4, -0.2) is 12.5 Å². The van der Waals surface area contributed by atoms with Crippen LogP contribution in [0.3, 0.4) is 0 Å². The third kappa shape index (κ3) is 4.97. The Morgan fingerprint density at radius 3 is 2.63 bits per heavy atom. The molecule has 1 aromatic carbocycles. The summed E-state index contributed by atoms with van der Waals surface area (Å²) in [5.41, 5.74) is 1.22. The Hall–Kier alpha value is -2.07. The number of benzene rings is 1. The number of nitrogens with one attached hydrogen (secondary N) is 2. The van der Waals surface area contributed by atoms with Gasteiger partial charge in [0.25, 0.3) is 0 Å². The summed E-state index contributed by atoms with van der Waals surface area (Å²) in [6, 6.07) is 13.8. The van der Waals surface area contributed by atoms with Crippen molar-refractivity contribution in [3.8, 4) is 0 Å². The van der Waals surface area contributed by atoms with Gasteiger partial charge in [0.15, 0.2) is 0 Å². The molecule has 0 atom stereocenters. The number of furan rings is 1. The van der Waals surface area contributed by atoms with E-state index < -0.39 is 0 Å². The van der Waals surface area contributed by atoms with Crippen molar-refractivity contribution in [3.63, 3.8) is 0 Å². The van der Waals surface area contributed by atoms with Gasteiger partial charge < -0.3 is 15.1 Å². The van der Waals surface area contributed by atoms with Crippen LogP contribution in [0.1, 0.15) is 17.7 Å². The lowest BCUT2D eigenvalue weighted by Crippen LogP contribution is -2.27. The first-order chi connectivity index (χ1) is 9.34. The zero-order valence-corrected chi connectivity index (χ0v) is 10.8. The van der Waals surface area contributed by atoms with E-state index in [2.05, 4.69) is 22.8 Å². The third-order valence-corrected chi connectivity index (χ3v) is 2.74. The summed E-state index contributed by atoms with van der Waals surface area (Å²) < 4.78 is 5.14. The van der Waals surface area contributed by atoms with Crippen LogP contribution in [0, 0.1) is 0 Å². The lowest BCUT2D eigenvalue weighted by Gasteiger charge is -2.05. The van der Waals surface area contributed by atoms with E-state index in [0.717, 1.165) is 12.3 Å². The molecular weight excluding hydrogens is 240 g/mol. The second kappa shape index (κ2) is 7.38. The maximum absolute atomic E-state index is 11.6. The van der Waals surface area contributed by atoms with Crippen molar-refractivity contribution in [2.24, 2.45) is 0 Å². The minimum absolute atomic E-state index is 0.0250. The normalized spacial score (nSPS) is 10.3. The van der Waals surface area contributed by atoms with Gasteiger partial charge in [0.2, 0.25) is 5.91 Å². The summed E-state index contributed by atoms with van der Waals surface area (Å²) in [7, 11) is 0. The van der Waals surface area contributed by atoms with Crippen molar-refractivity contribution in [2.45, 2.75) is 19.5 Å². The summed E-state index contributed by atoms with van der Waals surface area (Å²) in [6.45, 7) is 1.90. The molecule has 0 aliphatic carbocycles. The second-order valence-corrected chi connectivity index (χ2v) is 4.27. The van der Waals surface area contributed by atoms with E-state index in [-0.39, 0.29) is 5.91 Å². The third-order valence-electron chi connectivity index (χ3n) is 2.74. The van der Waals surface area contributed by atoms with Crippen LogP contribution in [0.4, 0.5) is 0 Å². The number of hydrogen-bond donors (Lipinski definition) is 2. The van der Waals surface area contributed by atoms with E-state index in [1.54, 1.807) is 6.26 Å². The fourth-order valence-electron chi connectivity index (χ4n) is 1.72. The van der Waals surface area contributed by atoms with Crippen LogP contribution in [0.5, 0.6) is 0 Å². The number of amides is 1. The molecule has 0 bridgehead atoms. The molecule has 0 aliphatic rings. The Balaban J connectivity index is 1.57. The molecule has 4 nitrogen and oxygen atoms in total. The van der Waals surface area contributed by atoms with Gasteiger partial charge in [-0.1, -0.05) is 30.3 Å². The quantitative estimate of drug-likeness (QED) is 0.748. The maximum atomic E-state index is 11.6. The zero-order chi connectivity index (χ0) is 13.3. The minimum atomic E-state index is 0.0250. The topological polar surface area (TPSA) is 54.3 Å². The van der Waals surface area contributed by atoms with Gasteiger partial charge in [0.05, 0.1) is 12.8 Å². The monoisotopic (exact) mass is 258 g/mol. The molecule has 0 unspecified atom stereocenters. The molecule has 1 amide bonds. The SMILES string of the molecule is O=C(CCNCc1ccccc1)NCc1ccco1. The molecule has 0 radical (unpaired) electrons. The van der Waals surface area contributed by atoms with Gasteiger partial charge in [-0.3, -0.25) is 4.79 Å². The second-order valence-electron chi connectivity index (χ2n) is 4.27. The first-order valence-electron chi connectivity index (χ1n) is 6.38. The highest BCUT2D eigenvalue weighted by molar-refractivity contribution is 5.75. The Morgan fingerprint density at radius 1 is 1.05 bits per heavy atom. The standard InChI is InChI=1S/C15H18N2O2/c18-15(17-12-14-7-4-10-19-14)8-9-16-11-13-5-2-1-3-6-13/h1-7,10,16H,8-9,11-12H2,(H,17,18). The van der Waals surface area contributed by atoms with Crippen molar-refractivity contribution in [3.05, 3.63) is 60.1 Å². The molecule has 1 aromatic heterocycles. The van der Waals surface area contributed by atoms with Gasteiger partial charge in [-0.15, -0.1) is 0 Å². The number of hydrogen-bond acceptors (Lipinski definition) is 3. The highest BCUT2D eigenvalue weighted by atomic mass is 16.3. The Bertz CT molecular complexity index is 480. The Labute approximate surface area is 112 Å². The summed E-state index contributed by atoms with van der Waals surface area (Å²) >= 11 is 0. The summed E-state index contributed by atoms with van der Waals surface area (Å²) in [5.74, 6) is 0.794. The molecule has 100 valence electrons. The summed E-state index contributed by atoms with van der Waals surface area (Å²) in [4.78, 5) is 11.6. The molecule has 0 fully saturated rings. The van der Waals surface area contributed by atoms with E-state index >= 15 is 0 Å². The van der Waals surface area contributed by atoms with E-state index in [9.17, 15) is 4.79 Å². The first kappa shape index (κ1) is 13.4. The van der Waals surface area contributed by atoms with Gasteiger partial charge in [0, 0.05) is 19.5 Å². The van der Waals surface area contributed by atoms with Gasteiger partial charge in [-0.25, -0.2) is 0 Å². The van der Waals surface area contributed by atoms with Crippen molar-refractivity contribution in [1.82, 2.24) is 10.6 Å². The lowest BCUT2D eigenvalue weighted by atomic mass is 10.2. The van der Waals surface area contributed by atoms with Crippen LogP contribution < -0.4 is 10.6 Å². The number of carbonyl (C=O) groups is 1. The van der Waals surface area contributed by atoms with Crippen molar-refractivity contribution in [2.75, 3.05) is 6.54 Å². The van der Waals surface area contributed by atoms with Crippen molar-refractivity contribution < 1.29 is 9.21 Å². The molecule has 0 aliphatic heterocycles. The maximum Gasteiger partial charge on any atom is 0.221 e. The Morgan fingerprint density at radius 2 is 1.89 bits per heavy atom. The van der Waals surface area contributed by atoms with Crippen LogP contribution in [-0.2, 0) is 17.9 Å².